The van der Waals surface area contributed by atoms with Gasteiger partial charge in [-0.3, -0.25) is 4.79 Å². The molecular weight excluding hydrogens is 252 g/mol. The molecule has 2 rings (SSSR count). The monoisotopic (exact) mass is 278 g/mol. The van der Waals surface area contributed by atoms with Crippen molar-refractivity contribution in [1.82, 2.24) is 10.2 Å². The van der Waals surface area contributed by atoms with E-state index in [4.69, 9.17) is 4.74 Å². The highest BCUT2D eigenvalue weighted by Gasteiger charge is 2.37. The number of hydrogen-bond donors (Lipinski definition) is 1. The van der Waals surface area contributed by atoms with Gasteiger partial charge in [-0.1, -0.05) is 23.8 Å². The summed E-state index contributed by atoms with van der Waals surface area (Å²) < 4.78 is 4.96. The van der Waals surface area contributed by atoms with E-state index in [1.807, 2.05) is 11.9 Å². The number of nitrogens with zero attached hydrogens (tertiary/aromatic N) is 1. The van der Waals surface area contributed by atoms with Crippen LogP contribution in [0.1, 0.15) is 25.7 Å². The van der Waals surface area contributed by atoms with Crippen LogP contribution >= 0.6 is 0 Å². The highest BCUT2D eigenvalue weighted by atomic mass is 16.5. The molecule has 0 radical (unpaired) electrons. The first kappa shape index (κ1) is 15.3. The lowest BCUT2D eigenvalue weighted by Crippen LogP contribution is -2.47. The van der Waals surface area contributed by atoms with Crippen molar-refractivity contribution < 1.29 is 9.53 Å². The largest absolute Gasteiger partial charge is 0.375 e. The summed E-state index contributed by atoms with van der Waals surface area (Å²) >= 11 is 0. The molecule has 0 spiro atoms. The molecule has 0 bridgehead atoms. The van der Waals surface area contributed by atoms with Gasteiger partial charge in [-0.15, -0.1) is 0 Å². The number of ether oxygens (including phenoxy) is 1. The molecule has 0 saturated carbocycles. The second-order valence-electron chi connectivity index (χ2n) is 5.87. The van der Waals surface area contributed by atoms with Crippen molar-refractivity contribution in [2.45, 2.75) is 25.7 Å². The van der Waals surface area contributed by atoms with E-state index < -0.39 is 0 Å². The predicted octanol–water partition coefficient (Wildman–Crippen LogP) is 1.74. The molecular formula is C16H26N2O2. The molecule has 1 saturated heterocycles. The summed E-state index contributed by atoms with van der Waals surface area (Å²) in [6.07, 6.45) is 11.1. The first-order valence-corrected chi connectivity index (χ1v) is 7.48. The van der Waals surface area contributed by atoms with E-state index in [-0.39, 0.29) is 17.9 Å². The molecule has 2 aliphatic rings. The maximum atomic E-state index is 12.0. The molecule has 1 N–H and O–H groups in total. The van der Waals surface area contributed by atoms with Gasteiger partial charge >= 0.3 is 0 Å². The molecule has 0 aromatic rings. The van der Waals surface area contributed by atoms with E-state index in [0.717, 1.165) is 45.3 Å². The van der Waals surface area contributed by atoms with E-state index >= 15 is 0 Å². The van der Waals surface area contributed by atoms with Gasteiger partial charge in [-0.05, 0) is 38.8 Å². The van der Waals surface area contributed by atoms with Gasteiger partial charge in [0.2, 0.25) is 5.91 Å². The fraction of sp³-hybridized carbons (Fsp3) is 0.688. The highest BCUT2D eigenvalue weighted by Crippen LogP contribution is 2.41. The van der Waals surface area contributed by atoms with Gasteiger partial charge < -0.3 is 15.0 Å². The zero-order chi connectivity index (χ0) is 14.4. The smallest absolute Gasteiger partial charge is 0.248 e. The van der Waals surface area contributed by atoms with Gasteiger partial charge in [0.25, 0.3) is 0 Å². The standard InChI is InChI=1S/C16H26N2O2/c1-18(15(19)12-20-2)13-16(8-10-17-11-9-16)14-6-4-3-5-7-14/h3-4,6,17H,5,7-13H2,1-2H3. The summed E-state index contributed by atoms with van der Waals surface area (Å²) in [4.78, 5) is 13.8. The first-order chi connectivity index (χ1) is 9.68. The Kier molecular flexibility index (Phi) is 5.38. The minimum Gasteiger partial charge on any atom is -0.375 e. The van der Waals surface area contributed by atoms with Crippen LogP contribution in [-0.4, -0.2) is 51.2 Å². The molecule has 0 unspecified atom stereocenters. The van der Waals surface area contributed by atoms with Crippen LogP contribution < -0.4 is 5.32 Å². The van der Waals surface area contributed by atoms with Crippen LogP contribution in [0.15, 0.2) is 23.8 Å². The average Bonchev–Trinajstić information content (AvgIpc) is 2.49. The third kappa shape index (κ3) is 3.49. The Labute approximate surface area is 121 Å². The number of allylic oxidation sites excluding steroid dienone is 3. The van der Waals surface area contributed by atoms with Crippen molar-refractivity contribution in [1.29, 1.82) is 0 Å². The van der Waals surface area contributed by atoms with Gasteiger partial charge in [0.1, 0.15) is 6.61 Å². The molecule has 4 nitrogen and oxygen atoms in total. The van der Waals surface area contributed by atoms with Crippen LogP contribution in [0.25, 0.3) is 0 Å². The maximum absolute atomic E-state index is 12.0. The zero-order valence-electron chi connectivity index (χ0n) is 12.7. The van der Waals surface area contributed by atoms with Gasteiger partial charge in [0.05, 0.1) is 0 Å². The second-order valence-corrected chi connectivity index (χ2v) is 5.87. The van der Waals surface area contributed by atoms with Crippen molar-refractivity contribution in [2.75, 3.05) is 40.4 Å². The van der Waals surface area contributed by atoms with Crippen LogP contribution in [0.4, 0.5) is 0 Å². The highest BCUT2D eigenvalue weighted by molar-refractivity contribution is 5.77. The van der Waals surface area contributed by atoms with E-state index in [1.165, 1.54) is 5.57 Å². The van der Waals surface area contributed by atoms with Crippen LogP contribution in [0, 0.1) is 5.41 Å². The number of hydrogen-bond acceptors (Lipinski definition) is 3. The van der Waals surface area contributed by atoms with E-state index in [0.29, 0.717) is 0 Å². The van der Waals surface area contributed by atoms with Crippen molar-refractivity contribution in [3.63, 3.8) is 0 Å². The Morgan fingerprint density at radius 3 is 2.80 bits per heavy atom. The van der Waals surface area contributed by atoms with Gasteiger partial charge in [0, 0.05) is 26.1 Å². The molecule has 1 fully saturated rings. The van der Waals surface area contributed by atoms with Gasteiger partial charge in [-0.25, -0.2) is 0 Å². The van der Waals surface area contributed by atoms with E-state index in [2.05, 4.69) is 23.5 Å². The summed E-state index contributed by atoms with van der Waals surface area (Å²) in [5.74, 6) is 0.0670. The number of likely N-dealkylation sites (N-methyl/N-ethyl adjacent to an activating group) is 1. The summed E-state index contributed by atoms with van der Waals surface area (Å²) in [7, 11) is 3.46. The van der Waals surface area contributed by atoms with Crippen molar-refractivity contribution in [3.05, 3.63) is 23.8 Å². The van der Waals surface area contributed by atoms with Crippen LogP contribution in [0.5, 0.6) is 0 Å². The summed E-state index contributed by atoms with van der Waals surface area (Å²) in [5, 5.41) is 3.43. The minimum absolute atomic E-state index is 0.0670. The van der Waals surface area contributed by atoms with Crippen LogP contribution in [0.3, 0.4) is 0 Å². The number of piperidine rings is 1. The molecule has 1 aliphatic heterocycles. The van der Waals surface area contributed by atoms with Crippen LogP contribution in [0.2, 0.25) is 0 Å². The summed E-state index contributed by atoms with van der Waals surface area (Å²) in [6, 6.07) is 0. The van der Waals surface area contributed by atoms with Crippen molar-refractivity contribution >= 4 is 5.91 Å². The average molecular weight is 278 g/mol. The van der Waals surface area contributed by atoms with Crippen molar-refractivity contribution in [2.24, 2.45) is 5.41 Å². The normalized spacial score (nSPS) is 21.4. The Bertz CT molecular complexity index is 395. The third-order valence-corrected chi connectivity index (χ3v) is 4.49. The molecule has 1 heterocycles. The first-order valence-electron chi connectivity index (χ1n) is 7.48. The number of carbonyl (C=O) groups is 1. The lowest BCUT2D eigenvalue weighted by atomic mass is 9.70. The third-order valence-electron chi connectivity index (χ3n) is 4.49. The molecule has 1 aliphatic carbocycles. The second kappa shape index (κ2) is 7.04. The Hall–Kier alpha value is -1.13. The molecule has 0 aromatic carbocycles. The molecule has 20 heavy (non-hydrogen) atoms. The fourth-order valence-corrected chi connectivity index (χ4v) is 3.31. The molecule has 0 atom stereocenters. The van der Waals surface area contributed by atoms with E-state index in [1.54, 1.807) is 7.11 Å². The molecule has 112 valence electrons. The van der Waals surface area contributed by atoms with Crippen LogP contribution in [-0.2, 0) is 9.53 Å². The van der Waals surface area contributed by atoms with E-state index in [9.17, 15) is 4.79 Å². The number of carbonyl (C=O) groups excluding carboxylic acids is 1. The van der Waals surface area contributed by atoms with Gasteiger partial charge in [0.15, 0.2) is 0 Å². The Morgan fingerprint density at radius 1 is 1.45 bits per heavy atom. The molecule has 1 amide bonds. The number of nitrogens with one attached hydrogen (secondary N) is 1. The SMILES string of the molecule is COCC(=O)N(C)CC1(C2=CC=CCC2)CCNCC1. The lowest BCUT2D eigenvalue weighted by Gasteiger charge is -2.43. The minimum atomic E-state index is 0.0670. The Balaban J connectivity index is 2.12. The molecule has 0 aromatic heterocycles. The number of rotatable bonds is 5. The van der Waals surface area contributed by atoms with Crippen molar-refractivity contribution in [3.8, 4) is 0 Å². The predicted molar refractivity (Wildman–Crippen MR) is 80.5 cm³/mol. The topological polar surface area (TPSA) is 41.6 Å². The molecule has 4 heteroatoms. The fourth-order valence-electron chi connectivity index (χ4n) is 3.31. The number of methoxy groups -OCH3 is 1. The number of amides is 1. The van der Waals surface area contributed by atoms with Gasteiger partial charge in [-0.2, -0.15) is 0 Å². The maximum Gasteiger partial charge on any atom is 0.248 e. The summed E-state index contributed by atoms with van der Waals surface area (Å²) in [6.45, 7) is 3.04. The quantitative estimate of drug-likeness (QED) is 0.833. The Morgan fingerprint density at radius 2 is 2.20 bits per heavy atom. The zero-order valence-corrected chi connectivity index (χ0v) is 12.7. The lowest BCUT2D eigenvalue weighted by molar-refractivity contribution is -0.135. The summed E-state index contributed by atoms with van der Waals surface area (Å²) in [5.41, 5.74) is 1.66.